The van der Waals surface area contributed by atoms with Crippen molar-refractivity contribution in [1.29, 1.82) is 0 Å². The van der Waals surface area contributed by atoms with Gasteiger partial charge in [0.25, 0.3) is 0 Å². The molecule has 6 rings (SSSR count). The smallest absolute Gasteiger partial charge is 0.162 e. The van der Waals surface area contributed by atoms with Gasteiger partial charge in [0, 0.05) is 12.0 Å². The number of fused-ring (bicyclic) bond motifs is 2. The molecule has 6 nitrogen and oxygen atoms in total. The molecule has 0 bridgehead atoms. The maximum atomic E-state index is 5.77. The lowest BCUT2D eigenvalue weighted by Crippen LogP contribution is -2.20. The molecule has 4 heterocycles. The summed E-state index contributed by atoms with van der Waals surface area (Å²) in [6, 6.07) is 21.1. The fourth-order valence-electron chi connectivity index (χ4n) is 4.97. The number of hydrogen-bond acceptors (Lipinski definition) is 5. The molecule has 2 aliphatic rings. The minimum atomic E-state index is 0.575. The molecule has 0 N–H and O–H groups in total. The van der Waals surface area contributed by atoms with E-state index in [-0.39, 0.29) is 0 Å². The molecule has 174 valence electrons. The van der Waals surface area contributed by atoms with Crippen LogP contribution in [0.5, 0.6) is 11.5 Å². The lowest BCUT2D eigenvalue weighted by atomic mass is 10.1. The molecule has 0 saturated carbocycles. The minimum absolute atomic E-state index is 0.575. The van der Waals surface area contributed by atoms with Gasteiger partial charge in [-0.05, 0) is 86.8 Å². The number of hydrogen-bond donors (Lipinski definition) is 0. The summed E-state index contributed by atoms with van der Waals surface area (Å²) in [5, 5.41) is 4.84. The van der Waals surface area contributed by atoms with Gasteiger partial charge in [0.15, 0.2) is 23.0 Å². The van der Waals surface area contributed by atoms with Crippen molar-refractivity contribution >= 4 is 5.65 Å². The third-order valence-corrected chi connectivity index (χ3v) is 6.77. The summed E-state index contributed by atoms with van der Waals surface area (Å²) >= 11 is 0. The number of rotatable bonds is 7. The number of pyridine rings is 1. The summed E-state index contributed by atoms with van der Waals surface area (Å²) in [6.45, 7) is 4.95. The second kappa shape index (κ2) is 9.47. The van der Waals surface area contributed by atoms with Crippen LogP contribution in [0.1, 0.15) is 36.2 Å². The maximum Gasteiger partial charge on any atom is 0.162 e. The monoisotopic (exact) mass is 454 g/mol. The Kier molecular flexibility index (Phi) is 5.90. The standard InChI is InChI=1S/C28H30N4O2/c1-2-15-31(14-1)16-4-5-21-8-10-22(11-9-21)19-27-29-28-7-3-6-24(32(28)30-27)23-12-13-25-26(20-23)34-18-17-33-25/h3,6-13,20H,1-2,4-5,14-19H2. The SMILES string of the molecule is c1cc(-c2ccc3c(c2)OCCO3)n2nc(Cc3ccc(CCCN4CCCC4)cc3)nc2c1. The Morgan fingerprint density at radius 3 is 2.47 bits per heavy atom. The van der Waals surface area contributed by atoms with Crippen molar-refractivity contribution in [2.24, 2.45) is 0 Å². The Balaban J connectivity index is 1.16. The third kappa shape index (κ3) is 4.50. The van der Waals surface area contributed by atoms with Crippen molar-refractivity contribution in [3.63, 3.8) is 0 Å². The molecule has 4 aromatic rings. The predicted octanol–water partition coefficient (Wildman–Crippen LogP) is 4.79. The number of aromatic nitrogens is 3. The lowest BCUT2D eigenvalue weighted by molar-refractivity contribution is 0.171. The van der Waals surface area contributed by atoms with Crippen molar-refractivity contribution in [3.05, 3.63) is 77.6 Å². The summed E-state index contributed by atoms with van der Waals surface area (Å²) in [6.07, 6.45) is 5.82. The van der Waals surface area contributed by atoms with Crippen molar-refractivity contribution in [3.8, 4) is 22.8 Å². The molecule has 2 aliphatic heterocycles. The molecule has 0 aliphatic carbocycles. The molecule has 0 radical (unpaired) electrons. The average molecular weight is 455 g/mol. The molecule has 1 saturated heterocycles. The molecule has 2 aromatic heterocycles. The molecule has 34 heavy (non-hydrogen) atoms. The van der Waals surface area contributed by atoms with E-state index in [0.717, 1.165) is 47.1 Å². The van der Waals surface area contributed by atoms with E-state index < -0.39 is 0 Å². The van der Waals surface area contributed by atoms with Gasteiger partial charge >= 0.3 is 0 Å². The van der Waals surface area contributed by atoms with Crippen LogP contribution >= 0.6 is 0 Å². The van der Waals surface area contributed by atoms with Crippen LogP contribution in [0.25, 0.3) is 16.9 Å². The van der Waals surface area contributed by atoms with Crippen LogP contribution in [-0.2, 0) is 12.8 Å². The zero-order valence-corrected chi connectivity index (χ0v) is 19.4. The second-order valence-corrected chi connectivity index (χ2v) is 9.21. The highest BCUT2D eigenvalue weighted by atomic mass is 16.6. The quantitative estimate of drug-likeness (QED) is 0.402. The molecule has 2 aromatic carbocycles. The summed E-state index contributed by atoms with van der Waals surface area (Å²) in [7, 11) is 0. The van der Waals surface area contributed by atoms with Crippen LogP contribution < -0.4 is 9.47 Å². The summed E-state index contributed by atoms with van der Waals surface area (Å²) in [5.74, 6) is 2.40. The summed E-state index contributed by atoms with van der Waals surface area (Å²) in [4.78, 5) is 7.37. The highest BCUT2D eigenvalue weighted by molar-refractivity contribution is 5.66. The molecule has 0 spiro atoms. The van der Waals surface area contributed by atoms with Crippen LogP contribution in [0.2, 0.25) is 0 Å². The normalized spacial score (nSPS) is 15.8. The van der Waals surface area contributed by atoms with Gasteiger partial charge in [-0.1, -0.05) is 30.3 Å². The van der Waals surface area contributed by atoms with Crippen LogP contribution in [0, 0.1) is 0 Å². The van der Waals surface area contributed by atoms with E-state index in [0.29, 0.717) is 13.2 Å². The highest BCUT2D eigenvalue weighted by Gasteiger charge is 2.15. The first-order valence-electron chi connectivity index (χ1n) is 12.4. The fraction of sp³-hybridized carbons (Fsp3) is 0.357. The van der Waals surface area contributed by atoms with E-state index in [1.807, 2.05) is 34.8 Å². The number of likely N-dealkylation sites (tertiary alicyclic amines) is 1. The van der Waals surface area contributed by atoms with Crippen LogP contribution in [0.4, 0.5) is 0 Å². The maximum absolute atomic E-state index is 5.77. The molecule has 1 fully saturated rings. The summed E-state index contributed by atoms with van der Waals surface area (Å²) < 4.78 is 13.4. The van der Waals surface area contributed by atoms with Crippen LogP contribution in [0.3, 0.4) is 0 Å². The number of aryl methyl sites for hydroxylation is 1. The highest BCUT2D eigenvalue weighted by Crippen LogP contribution is 2.34. The first kappa shape index (κ1) is 21.2. The molecule has 0 atom stereocenters. The molecule has 0 amide bonds. The van der Waals surface area contributed by atoms with E-state index in [1.165, 1.54) is 50.0 Å². The molecule has 0 unspecified atom stereocenters. The largest absolute Gasteiger partial charge is 0.486 e. The fourth-order valence-corrected chi connectivity index (χ4v) is 4.97. The topological polar surface area (TPSA) is 51.9 Å². The van der Waals surface area contributed by atoms with E-state index >= 15 is 0 Å². The third-order valence-electron chi connectivity index (χ3n) is 6.77. The van der Waals surface area contributed by atoms with E-state index in [1.54, 1.807) is 0 Å². The number of nitrogens with zero attached hydrogens (tertiary/aromatic N) is 4. The Bertz CT molecular complexity index is 1280. The Morgan fingerprint density at radius 1 is 0.824 bits per heavy atom. The molecular weight excluding hydrogens is 424 g/mol. The number of benzene rings is 2. The van der Waals surface area contributed by atoms with Gasteiger partial charge in [0.05, 0.1) is 5.69 Å². The first-order valence-corrected chi connectivity index (χ1v) is 12.4. The Morgan fingerprint density at radius 2 is 1.62 bits per heavy atom. The molecule has 6 heteroatoms. The average Bonchev–Trinajstić information content (AvgIpc) is 3.54. The van der Waals surface area contributed by atoms with Gasteiger partial charge < -0.3 is 14.4 Å². The zero-order chi connectivity index (χ0) is 22.7. The van der Waals surface area contributed by atoms with Crippen molar-refractivity contribution in [1.82, 2.24) is 19.5 Å². The lowest BCUT2D eigenvalue weighted by Gasteiger charge is -2.19. The second-order valence-electron chi connectivity index (χ2n) is 9.21. The van der Waals surface area contributed by atoms with Gasteiger partial charge in [-0.25, -0.2) is 9.50 Å². The van der Waals surface area contributed by atoms with Gasteiger partial charge in [0.1, 0.15) is 13.2 Å². The van der Waals surface area contributed by atoms with Crippen LogP contribution in [-0.4, -0.2) is 52.3 Å². The van der Waals surface area contributed by atoms with E-state index in [2.05, 4.69) is 35.2 Å². The molecular formula is C28H30N4O2. The Hall–Kier alpha value is -3.38. The first-order chi connectivity index (χ1) is 16.8. The van der Waals surface area contributed by atoms with Gasteiger partial charge in [-0.3, -0.25) is 0 Å². The Labute approximate surface area is 200 Å². The van der Waals surface area contributed by atoms with Gasteiger partial charge in [-0.15, -0.1) is 0 Å². The van der Waals surface area contributed by atoms with Crippen molar-refractivity contribution < 1.29 is 9.47 Å². The number of ether oxygens (including phenoxy) is 2. The van der Waals surface area contributed by atoms with Crippen molar-refractivity contribution in [2.75, 3.05) is 32.8 Å². The zero-order valence-electron chi connectivity index (χ0n) is 19.4. The van der Waals surface area contributed by atoms with E-state index in [4.69, 9.17) is 19.6 Å². The predicted molar refractivity (Wildman–Crippen MR) is 133 cm³/mol. The van der Waals surface area contributed by atoms with Crippen molar-refractivity contribution in [2.45, 2.75) is 32.1 Å². The minimum Gasteiger partial charge on any atom is -0.486 e. The summed E-state index contributed by atoms with van der Waals surface area (Å²) in [5.41, 5.74) is 5.51. The van der Waals surface area contributed by atoms with Crippen LogP contribution in [0.15, 0.2) is 60.7 Å². The van der Waals surface area contributed by atoms with E-state index in [9.17, 15) is 0 Å². The van der Waals surface area contributed by atoms with Gasteiger partial charge in [-0.2, -0.15) is 5.10 Å². The van der Waals surface area contributed by atoms with Gasteiger partial charge in [0.2, 0.25) is 0 Å².